The Balaban J connectivity index is 1.08. The molecule has 0 radical (unpaired) electrons. The van der Waals surface area contributed by atoms with Crippen LogP contribution in [0.4, 0.5) is 34.1 Å². The number of anilines is 6. The van der Waals surface area contributed by atoms with Crippen molar-refractivity contribution in [3.05, 3.63) is 121 Å². The first-order chi connectivity index (χ1) is 27.5. The minimum absolute atomic E-state index is 0.647. The van der Waals surface area contributed by atoms with Crippen LogP contribution < -0.4 is 47.7 Å². The van der Waals surface area contributed by atoms with E-state index >= 15 is 0 Å². The summed E-state index contributed by atoms with van der Waals surface area (Å²) in [7, 11) is 6.59. The van der Waals surface area contributed by atoms with Crippen LogP contribution >= 0.6 is 0 Å². The maximum absolute atomic E-state index is 6.68. The highest BCUT2D eigenvalue weighted by Gasteiger charge is 2.38. The van der Waals surface area contributed by atoms with Gasteiger partial charge in [0.1, 0.15) is 34.4 Å². The van der Waals surface area contributed by atoms with Crippen molar-refractivity contribution in [2.24, 2.45) is 0 Å². The van der Waals surface area contributed by atoms with Gasteiger partial charge in [-0.2, -0.15) is 0 Å². The van der Waals surface area contributed by atoms with Gasteiger partial charge in [-0.3, -0.25) is 9.80 Å². The van der Waals surface area contributed by atoms with E-state index in [1.165, 1.54) is 0 Å². The Bertz CT molecular complexity index is 2450. The molecule has 4 aliphatic heterocycles. The maximum Gasteiger partial charge on any atom is 0.156 e. The molecule has 7 aromatic rings. The first-order valence-electron chi connectivity index (χ1n) is 18.0. The molecule has 0 saturated carbocycles. The Morgan fingerprint density at radius 2 is 0.625 bits per heavy atom. The van der Waals surface area contributed by atoms with Crippen molar-refractivity contribution in [1.82, 2.24) is 0 Å². The van der Waals surface area contributed by atoms with Gasteiger partial charge in [0.25, 0.3) is 0 Å². The zero-order chi connectivity index (χ0) is 37.7. The highest BCUT2D eigenvalue weighted by Crippen LogP contribution is 2.63. The van der Waals surface area contributed by atoms with E-state index in [0.29, 0.717) is 69.0 Å². The minimum atomic E-state index is 0.647. The molecule has 0 unspecified atom stereocenters. The minimum Gasteiger partial charge on any atom is -0.497 e. The molecule has 0 spiro atoms. The second-order valence-corrected chi connectivity index (χ2v) is 13.6. The zero-order valence-corrected chi connectivity index (χ0v) is 30.7. The number of hydrogen-bond acceptors (Lipinski definition) is 10. The van der Waals surface area contributed by atoms with Gasteiger partial charge in [0.05, 0.1) is 51.2 Å². The summed E-state index contributed by atoms with van der Waals surface area (Å²) in [6.07, 6.45) is 0. The second-order valence-electron chi connectivity index (χ2n) is 13.6. The Morgan fingerprint density at radius 1 is 0.339 bits per heavy atom. The van der Waals surface area contributed by atoms with E-state index < -0.39 is 0 Å². The molecule has 0 amide bonds. The summed E-state index contributed by atoms with van der Waals surface area (Å²) >= 11 is 0. The monoisotopic (exact) mass is 740 g/mol. The lowest BCUT2D eigenvalue weighted by Crippen LogP contribution is -2.20. The van der Waals surface area contributed by atoms with Crippen LogP contribution in [0.25, 0.3) is 22.3 Å². The third-order valence-electron chi connectivity index (χ3n) is 10.6. The lowest BCUT2D eigenvalue weighted by Gasteiger charge is -2.38. The van der Waals surface area contributed by atoms with Crippen LogP contribution in [0, 0.1) is 0 Å². The summed E-state index contributed by atoms with van der Waals surface area (Å²) in [6, 6.07) is 39.8. The third kappa shape index (κ3) is 4.68. The van der Waals surface area contributed by atoms with E-state index in [0.717, 1.165) is 56.4 Å². The summed E-state index contributed by atoms with van der Waals surface area (Å²) in [5.74, 6) is 8.02. The lowest BCUT2D eigenvalue weighted by atomic mass is 9.92. The largest absolute Gasteiger partial charge is 0.497 e. The van der Waals surface area contributed by atoms with Crippen molar-refractivity contribution < 1.29 is 37.9 Å². The molecule has 7 aromatic carbocycles. The molecule has 56 heavy (non-hydrogen) atoms. The standard InChI is InChI=1S/C46H32N2O8/c1-49-27-9-13-33-37(21-27)53-41-17-25(18-42-45(41)47(33)34-14-10-28(50-2)22-38(34)54-42)31-7-5-6-8-32(31)26-19-43-46-44(20-26)56-40-24-30(52-4)12-16-36(40)48(46)35-15-11-29(51-3)23-39(35)55-43/h5-24H,1-4H3. The van der Waals surface area contributed by atoms with Crippen LogP contribution in [-0.4, -0.2) is 28.4 Å². The fourth-order valence-electron chi connectivity index (χ4n) is 7.98. The van der Waals surface area contributed by atoms with Crippen LogP contribution in [0.5, 0.6) is 69.0 Å². The lowest BCUT2D eigenvalue weighted by molar-refractivity contribution is 0.403. The first-order valence-corrected chi connectivity index (χ1v) is 18.0. The summed E-state index contributed by atoms with van der Waals surface area (Å²) in [5.41, 5.74) is 8.82. The van der Waals surface area contributed by atoms with Gasteiger partial charge in [0.15, 0.2) is 46.0 Å². The molecule has 4 aliphatic rings. The maximum atomic E-state index is 6.68. The Hall–Kier alpha value is -7.46. The number of methoxy groups -OCH3 is 4. The molecule has 0 N–H and O–H groups in total. The summed E-state index contributed by atoms with van der Waals surface area (Å²) < 4.78 is 49.1. The molecule has 0 saturated heterocycles. The van der Waals surface area contributed by atoms with Crippen LogP contribution in [0.15, 0.2) is 121 Å². The molecular formula is C46H32N2O8. The zero-order valence-electron chi connectivity index (χ0n) is 30.7. The summed E-state index contributed by atoms with van der Waals surface area (Å²) in [4.78, 5) is 4.34. The van der Waals surface area contributed by atoms with Crippen LogP contribution in [-0.2, 0) is 0 Å². The molecule has 11 rings (SSSR count). The van der Waals surface area contributed by atoms with Gasteiger partial charge in [-0.05, 0) is 95.1 Å². The van der Waals surface area contributed by atoms with E-state index in [2.05, 4.69) is 46.2 Å². The van der Waals surface area contributed by atoms with E-state index in [1.54, 1.807) is 28.4 Å². The molecule has 0 atom stereocenters. The molecule has 4 heterocycles. The Kier molecular flexibility index (Phi) is 6.87. The van der Waals surface area contributed by atoms with E-state index in [4.69, 9.17) is 37.9 Å². The molecule has 0 aromatic heterocycles. The van der Waals surface area contributed by atoms with E-state index in [-0.39, 0.29) is 0 Å². The van der Waals surface area contributed by atoms with Crippen molar-refractivity contribution >= 4 is 34.1 Å². The molecular weight excluding hydrogens is 709 g/mol. The fraction of sp³-hybridized carbons (Fsp3) is 0.0870. The number of rotatable bonds is 6. The van der Waals surface area contributed by atoms with Crippen molar-refractivity contribution in [1.29, 1.82) is 0 Å². The summed E-state index contributed by atoms with van der Waals surface area (Å²) in [5, 5.41) is 0. The number of hydrogen-bond donors (Lipinski definition) is 0. The predicted octanol–water partition coefficient (Wildman–Crippen LogP) is 12.4. The number of nitrogens with zero attached hydrogens (tertiary/aromatic N) is 2. The Morgan fingerprint density at radius 3 is 0.893 bits per heavy atom. The molecule has 0 aliphatic carbocycles. The predicted molar refractivity (Wildman–Crippen MR) is 213 cm³/mol. The van der Waals surface area contributed by atoms with E-state index in [1.807, 2.05) is 84.9 Å². The van der Waals surface area contributed by atoms with Gasteiger partial charge >= 0.3 is 0 Å². The third-order valence-corrected chi connectivity index (χ3v) is 10.6. The molecule has 10 heteroatoms. The average molecular weight is 741 g/mol. The van der Waals surface area contributed by atoms with Crippen molar-refractivity contribution in [2.45, 2.75) is 0 Å². The average Bonchev–Trinajstić information content (AvgIpc) is 3.24. The SMILES string of the molecule is COc1ccc2c(c1)Oc1cc(-c3ccccc3-c3cc4c5c(c3)Oc3cc(OC)ccc3N5c3ccc(OC)cc3O4)cc3c1N2c1ccc(OC)cc1O3. The smallest absolute Gasteiger partial charge is 0.156 e. The topological polar surface area (TPSA) is 80.3 Å². The highest BCUT2D eigenvalue weighted by molar-refractivity contribution is 5.99. The fourth-order valence-corrected chi connectivity index (χ4v) is 7.98. The summed E-state index contributed by atoms with van der Waals surface area (Å²) in [6.45, 7) is 0. The van der Waals surface area contributed by atoms with Crippen LogP contribution in [0.1, 0.15) is 0 Å². The highest BCUT2D eigenvalue weighted by atomic mass is 16.5. The molecule has 0 fully saturated rings. The van der Waals surface area contributed by atoms with Gasteiger partial charge in [0, 0.05) is 24.3 Å². The van der Waals surface area contributed by atoms with Gasteiger partial charge in [0.2, 0.25) is 0 Å². The van der Waals surface area contributed by atoms with E-state index in [9.17, 15) is 0 Å². The second kappa shape index (κ2) is 12.0. The number of ether oxygens (including phenoxy) is 8. The number of fused-ring (bicyclic) bond motifs is 8. The molecule has 0 bridgehead atoms. The first kappa shape index (κ1) is 32.0. The van der Waals surface area contributed by atoms with Crippen molar-refractivity contribution in [3.8, 4) is 91.2 Å². The van der Waals surface area contributed by atoms with Crippen LogP contribution in [0.2, 0.25) is 0 Å². The quantitative estimate of drug-likeness (QED) is 0.164. The number of benzene rings is 7. The van der Waals surface area contributed by atoms with Crippen molar-refractivity contribution in [3.63, 3.8) is 0 Å². The van der Waals surface area contributed by atoms with Crippen molar-refractivity contribution in [2.75, 3.05) is 38.2 Å². The molecule has 274 valence electrons. The normalized spacial score (nSPS) is 13.1. The van der Waals surface area contributed by atoms with Crippen LogP contribution in [0.3, 0.4) is 0 Å². The van der Waals surface area contributed by atoms with Gasteiger partial charge in [-0.15, -0.1) is 0 Å². The van der Waals surface area contributed by atoms with Gasteiger partial charge in [-0.25, -0.2) is 0 Å². The van der Waals surface area contributed by atoms with Gasteiger partial charge in [-0.1, -0.05) is 24.3 Å². The van der Waals surface area contributed by atoms with Gasteiger partial charge < -0.3 is 37.9 Å². The Labute approximate surface area is 322 Å². The molecule has 10 nitrogen and oxygen atoms in total.